The Morgan fingerprint density at radius 1 is 1.54 bits per heavy atom. The minimum atomic E-state index is -0.947. The number of carboxylic acid groups (broad SMARTS) is 1. The summed E-state index contributed by atoms with van der Waals surface area (Å²) in [5.74, 6) is -2.11. The first-order valence-electron chi connectivity index (χ1n) is 4.04. The van der Waals surface area contributed by atoms with Crippen LogP contribution >= 0.6 is 0 Å². The zero-order valence-electron chi connectivity index (χ0n) is 7.87. The summed E-state index contributed by atoms with van der Waals surface area (Å²) in [5, 5.41) is 8.61. The SMILES string of the molecule is C=C(C)C(=O)OCC(CC)C(=O)O. The third-order valence-corrected chi connectivity index (χ3v) is 1.61. The van der Waals surface area contributed by atoms with Gasteiger partial charge in [-0.05, 0) is 13.3 Å². The Bertz CT molecular complexity index is 220. The Balaban J connectivity index is 3.92. The predicted octanol–water partition coefficient (Wildman–Crippen LogP) is 1.22. The van der Waals surface area contributed by atoms with E-state index in [2.05, 4.69) is 6.58 Å². The predicted molar refractivity (Wildman–Crippen MR) is 47.2 cm³/mol. The number of carboxylic acids is 1. The molecule has 0 aromatic rings. The fraction of sp³-hybridized carbons (Fsp3) is 0.556. The van der Waals surface area contributed by atoms with Gasteiger partial charge in [-0.3, -0.25) is 4.79 Å². The summed E-state index contributed by atoms with van der Waals surface area (Å²) in [7, 11) is 0. The average molecular weight is 186 g/mol. The molecule has 1 N–H and O–H groups in total. The van der Waals surface area contributed by atoms with Crippen molar-refractivity contribution in [3.63, 3.8) is 0 Å². The van der Waals surface area contributed by atoms with Crippen molar-refractivity contribution < 1.29 is 19.4 Å². The van der Waals surface area contributed by atoms with Crippen molar-refractivity contribution in [2.45, 2.75) is 20.3 Å². The molecule has 0 spiro atoms. The van der Waals surface area contributed by atoms with Crippen LogP contribution in [0.5, 0.6) is 0 Å². The van der Waals surface area contributed by atoms with Crippen LogP contribution in [0, 0.1) is 5.92 Å². The molecular formula is C9H14O4. The molecule has 0 bridgehead atoms. The van der Waals surface area contributed by atoms with Crippen molar-refractivity contribution in [1.82, 2.24) is 0 Å². The van der Waals surface area contributed by atoms with Crippen LogP contribution in [0.25, 0.3) is 0 Å². The van der Waals surface area contributed by atoms with Gasteiger partial charge in [0.25, 0.3) is 0 Å². The van der Waals surface area contributed by atoms with Gasteiger partial charge in [-0.25, -0.2) is 4.79 Å². The Morgan fingerprint density at radius 3 is 2.38 bits per heavy atom. The van der Waals surface area contributed by atoms with Crippen LogP contribution in [-0.4, -0.2) is 23.7 Å². The highest BCUT2D eigenvalue weighted by Gasteiger charge is 2.17. The van der Waals surface area contributed by atoms with E-state index in [0.717, 1.165) is 0 Å². The molecule has 0 saturated heterocycles. The summed E-state index contributed by atoms with van der Waals surface area (Å²) in [4.78, 5) is 21.4. The van der Waals surface area contributed by atoms with Crippen molar-refractivity contribution >= 4 is 11.9 Å². The minimum absolute atomic E-state index is 0.0858. The molecule has 4 nitrogen and oxygen atoms in total. The molecule has 0 saturated carbocycles. The summed E-state index contributed by atoms with van der Waals surface area (Å²) >= 11 is 0. The lowest BCUT2D eigenvalue weighted by atomic mass is 10.1. The highest BCUT2D eigenvalue weighted by molar-refractivity contribution is 5.87. The number of hydrogen-bond acceptors (Lipinski definition) is 3. The molecule has 0 rings (SSSR count). The van der Waals surface area contributed by atoms with E-state index in [1.807, 2.05) is 0 Å². The van der Waals surface area contributed by atoms with Crippen LogP contribution in [0.1, 0.15) is 20.3 Å². The van der Waals surface area contributed by atoms with Gasteiger partial charge < -0.3 is 9.84 Å². The summed E-state index contributed by atoms with van der Waals surface area (Å²) in [6.07, 6.45) is 0.443. The van der Waals surface area contributed by atoms with E-state index in [1.54, 1.807) is 6.92 Å². The first kappa shape index (κ1) is 11.7. The summed E-state index contributed by atoms with van der Waals surface area (Å²) in [6.45, 7) is 6.54. The molecule has 13 heavy (non-hydrogen) atoms. The normalized spacial score (nSPS) is 11.8. The van der Waals surface area contributed by atoms with Gasteiger partial charge in [0.05, 0.1) is 5.92 Å². The second-order valence-electron chi connectivity index (χ2n) is 2.82. The van der Waals surface area contributed by atoms with Gasteiger partial charge >= 0.3 is 11.9 Å². The zero-order valence-corrected chi connectivity index (χ0v) is 7.87. The fourth-order valence-electron chi connectivity index (χ4n) is 0.663. The Morgan fingerprint density at radius 2 is 2.08 bits per heavy atom. The van der Waals surface area contributed by atoms with Gasteiger partial charge in [0.1, 0.15) is 6.61 Å². The molecular weight excluding hydrogens is 172 g/mol. The number of aliphatic carboxylic acids is 1. The van der Waals surface area contributed by atoms with Gasteiger partial charge in [0, 0.05) is 5.57 Å². The molecule has 0 heterocycles. The van der Waals surface area contributed by atoms with E-state index in [-0.39, 0.29) is 12.2 Å². The van der Waals surface area contributed by atoms with E-state index >= 15 is 0 Å². The quantitative estimate of drug-likeness (QED) is 0.518. The van der Waals surface area contributed by atoms with Crippen molar-refractivity contribution in [3.8, 4) is 0 Å². The van der Waals surface area contributed by atoms with E-state index in [1.165, 1.54) is 6.92 Å². The van der Waals surface area contributed by atoms with Gasteiger partial charge in [0.2, 0.25) is 0 Å². The maximum atomic E-state index is 10.9. The van der Waals surface area contributed by atoms with Gasteiger partial charge in [-0.1, -0.05) is 13.5 Å². The van der Waals surface area contributed by atoms with Crippen molar-refractivity contribution in [1.29, 1.82) is 0 Å². The first-order chi connectivity index (χ1) is 5.99. The van der Waals surface area contributed by atoms with Gasteiger partial charge in [0.15, 0.2) is 0 Å². The Hall–Kier alpha value is -1.32. The summed E-state index contributed by atoms with van der Waals surface area (Å²) in [6, 6.07) is 0. The minimum Gasteiger partial charge on any atom is -0.481 e. The summed E-state index contributed by atoms with van der Waals surface area (Å²) < 4.78 is 4.70. The number of ether oxygens (including phenoxy) is 1. The van der Waals surface area contributed by atoms with Crippen LogP contribution in [0.4, 0.5) is 0 Å². The number of carbonyl (C=O) groups is 2. The second kappa shape index (κ2) is 5.35. The van der Waals surface area contributed by atoms with E-state index in [9.17, 15) is 9.59 Å². The number of carbonyl (C=O) groups excluding carboxylic acids is 1. The van der Waals surface area contributed by atoms with Crippen molar-refractivity contribution in [2.24, 2.45) is 5.92 Å². The molecule has 0 aliphatic rings. The Kier molecular flexibility index (Phi) is 4.80. The average Bonchev–Trinajstić information content (AvgIpc) is 2.04. The van der Waals surface area contributed by atoms with Crippen LogP contribution in [0.3, 0.4) is 0 Å². The first-order valence-corrected chi connectivity index (χ1v) is 4.04. The molecule has 0 aromatic carbocycles. The van der Waals surface area contributed by atoms with Gasteiger partial charge in [-0.15, -0.1) is 0 Å². The lowest BCUT2D eigenvalue weighted by molar-refractivity contribution is -0.148. The van der Waals surface area contributed by atoms with Crippen LogP contribution < -0.4 is 0 Å². The topological polar surface area (TPSA) is 63.6 Å². The second-order valence-corrected chi connectivity index (χ2v) is 2.82. The third kappa shape index (κ3) is 4.30. The third-order valence-electron chi connectivity index (χ3n) is 1.61. The lowest BCUT2D eigenvalue weighted by Crippen LogP contribution is -2.21. The molecule has 4 heteroatoms. The van der Waals surface area contributed by atoms with Crippen LogP contribution in [-0.2, 0) is 14.3 Å². The smallest absolute Gasteiger partial charge is 0.333 e. The maximum absolute atomic E-state index is 10.9. The monoisotopic (exact) mass is 186 g/mol. The standard InChI is InChI=1S/C9H14O4/c1-4-7(8(10)11)5-13-9(12)6(2)3/h7H,2,4-5H2,1,3H3,(H,10,11). The number of esters is 1. The fourth-order valence-corrected chi connectivity index (χ4v) is 0.663. The number of rotatable bonds is 5. The molecule has 0 amide bonds. The highest BCUT2D eigenvalue weighted by Crippen LogP contribution is 2.04. The molecule has 0 aliphatic heterocycles. The maximum Gasteiger partial charge on any atom is 0.333 e. The molecule has 1 unspecified atom stereocenters. The molecule has 74 valence electrons. The number of hydrogen-bond donors (Lipinski definition) is 1. The van der Waals surface area contributed by atoms with Crippen LogP contribution in [0.15, 0.2) is 12.2 Å². The van der Waals surface area contributed by atoms with E-state index in [0.29, 0.717) is 6.42 Å². The molecule has 0 aliphatic carbocycles. The van der Waals surface area contributed by atoms with Crippen LogP contribution in [0.2, 0.25) is 0 Å². The molecule has 0 radical (unpaired) electrons. The largest absolute Gasteiger partial charge is 0.481 e. The zero-order chi connectivity index (χ0) is 10.4. The Labute approximate surface area is 77.2 Å². The summed E-state index contributed by atoms with van der Waals surface area (Å²) in [5.41, 5.74) is 0.278. The van der Waals surface area contributed by atoms with E-state index in [4.69, 9.17) is 9.84 Å². The van der Waals surface area contributed by atoms with Crippen molar-refractivity contribution in [2.75, 3.05) is 6.61 Å². The van der Waals surface area contributed by atoms with Crippen molar-refractivity contribution in [3.05, 3.63) is 12.2 Å². The lowest BCUT2D eigenvalue weighted by Gasteiger charge is -2.09. The molecule has 1 atom stereocenters. The highest BCUT2D eigenvalue weighted by atomic mass is 16.5. The molecule has 0 aromatic heterocycles. The van der Waals surface area contributed by atoms with Gasteiger partial charge in [-0.2, -0.15) is 0 Å². The molecule has 0 fully saturated rings. The van der Waals surface area contributed by atoms with E-state index < -0.39 is 17.9 Å².